The van der Waals surface area contributed by atoms with Gasteiger partial charge in [-0.05, 0) is 37.1 Å². The maximum atomic E-state index is 9.16. The standard InChI is InChI=1S/C14H23NO4/c1-18-13-6-5-11(8-14(13)19-2)4-3-7-15-9-12(17)10-16/h5-6,8,12,15-17H,3-4,7,9-10H2,1-2H3. The molecule has 0 heterocycles. The molecule has 0 saturated heterocycles. The maximum Gasteiger partial charge on any atom is 0.160 e. The summed E-state index contributed by atoms with van der Waals surface area (Å²) in [6, 6.07) is 5.89. The second-order valence-corrected chi connectivity index (χ2v) is 4.33. The zero-order valence-corrected chi connectivity index (χ0v) is 11.6. The van der Waals surface area contributed by atoms with Crippen LogP contribution in [0.3, 0.4) is 0 Å². The highest BCUT2D eigenvalue weighted by Gasteiger charge is 2.04. The van der Waals surface area contributed by atoms with E-state index in [0.29, 0.717) is 6.54 Å². The van der Waals surface area contributed by atoms with E-state index < -0.39 is 6.10 Å². The minimum absolute atomic E-state index is 0.206. The highest BCUT2D eigenvalue weighted by molar-refractivity contribution is 5.42. The fraction of sp³-hybridized carbons (Fsp3) is 0.571. The van der Waals surface area contributed by atoms with Gasteiger partial charge in [0.25, 0.3) is 0 Å². The molecule has 1 atom stereocenters. The summed E-state index contributed by atoms with van der Waals surface area (Å²) in [5.74, 6) is 1.47. The van der Waals surface area contributed by atoms with Gasteiger partial charge in [-0.1, -0.05) is 6.07 Å². The van der Waals surface area contributed by atoms with Crippen molar-refractivity contribution in [3.63, 3.8) is 0 Å². The van der Waals surface area contributed by atoms with Crippen molar-refractivity contribution in [2.45, 2.75) is 18.9 Å². The smallest absolute Gasteiger partial charge is 0.160 e. The molecule has 0 aliphatic rings. The monoisotopic (exact) mass is 269 g/mol. The molecule has 1 aromatic carbocycles. The van der Waals surface area contributed by atoms with Gasteiger partial charge in [-0.3, -0.25) is 0 Å². The Labute approximate surface area is 114 Å². The molecule has 0 radical (unpaired) electrons. The maximum absolute atomic E-state index is 9.16. The predicted octanol–water partition coefficient (Wildman–Crippen LogP) is 0.579. The second-order valence-electron chi connectivity index (χ2n) is 4.33. The Bertz CT molecular complexity index is 370. The fourth-order valence-corrected chi connectivity index (χ4v) is 1.79. The lowest BCUT2D eigenvalue weighted by molar-refractivity contribution is 0.0946. The van der Waals surface area contributed by atoms with Crippen molar-refractivity contribution in [3.05, 3.63) is 23.8 Å². The molecule has 1 unspecified atom stereocenters. The molecule has 0 saturated carbocycles. The van der Waals surface area contributed by atoms with Crippen LogP contribution in [0.15, 0.2) is 18.2 Å². The number of rotatable bonds is 9. The Balaban J connectivity index is 2.33. The summed E-state index contributed by atoms with van der Waals surface area (Å²) in [7, 11) is 3.24. The SMILES string of the molecule is COc1ccc(CCCNCC(O)CO)cc1OC. The lowest BCUT2D eigenvalue weighted by Gasteiger charge is -2.10. The fourth-order valence-electron chi connectivity index (χ4n) is 1.79. The molecule has 1 aromatic rings. The van der Waals surface area contributed by atoms with Gasteiger partial charge in [0, 0.05) is 6.54 Å². The van der Waals surface area contributed by atoms with Crippen molar-refractivity contribution in [1.29, 1.82) is 0 Å². The van der Waals surface area contributed by atoms with Gasteiger partial charge in [0.15, 0.2) is 11.5 Å². The van der Waals surface area contributed by atoms with Crippen LogP contribution in [0.2, 0.25) is 0 Å². The Morgan fingerprint density at radius 2 is 1.95 bits per heavy atom. The van der Waals surface area contributed by atoms with E-state index in [9.17, 15) is 0 Å². The molecule has 5 heteroatoms. The van der Waals surface area contributed by atoms with Gasteiger partial charge in [-0.2, -0.15) is 0 Å². The van der Waals surface area contributed by atoms with Crippen LogP contribution in [0, 0.1) is 0 Å². The first kappa shape index (κ1) is 15.8. The van der Waals surface area contributed by atoms with Gasteiger partial charge in [0.2, 0.25) is 0 Å². The van der Waals surface area contributed by atoms with Crippen LogP contribution >= 0.6 is 0 Å². The number of hydrogen-bond acceptors (Lipinski definition) is 5. The molecule has 19 heavy (non-hydrogen) atoms. The molecule has 0 amide bonds. The lowest BCUT2D eigenvalue weighted by atomic mass is 10.1. The van der Waals surface area contributed by atoms with Crippen molar-refractivity contribution in [2.75, 3.05) is 33.9 Å². The summed E-state index contributed by atoms with van der Waals surface area (Å²) in [5.41, 5.74) is 1.18. The van der Waals surface area contributed by atoms with Crippen LogP contribution in [0.25, 0.3) is 0 Å². The molecule has 5 nitrogen and oxygen atoms in total. The minimum Gasteiger partial charge on any atom is -0.493 e. The number of aryl methyl sites for hydroxylation is 1. The van der Waals surface area contributed by atoms with E-state index in [1.54, 1.807) is 14.2 Å². The summed E-state index contributed by atoms with van der Waals surface area (Å²) >= 11 is 0. The van der Waals surface area contributed by atoms with Crippen LogP contribution < -0.4 is 14.8 Å². The normalized spacial score (nSPS) is 12.2. The highest BCUT2D eigenvalue weighted by Crippen LogP contribution is 2.27. The Kier molecular flexibility index (Phi) is 7.25. The molecule has 0 bridgehead atoms. The van der Waals surface area contributed by atoms with Crippen LogP contribution in [0.5, 0.6) is 11.5 Å². The van der Waals surface area contributed by atoms with Crippen LogP contribution in [0.1, 0.15) is 12.0 Å². The van der Waals surface area contributed by atoms with E-state index in [0.717, 1.165) is 30.9 Å². The van der Waals surface area contributed by atoms with Crippen molar-refractivity contribution >= 4 is 0 Å². The molecule has 1 rings (SSSR count). The minimum atomic E-state index is -0.680. The van der Waals surface area contributed by atoms with Crippen molar-refractivity contribution in [1.82, 2.24) is 5.32 Å². The van der Waals surface area contributed by atoms with Gasteiger partial charge in [0.1, 0.15) is 0 Å². The van der Waals surface area contributed by atoms with E-state index >= 15 is 0 Å². The zero-order chi connectivity index (χ0) is 14.1. The average molecular weight is 269 g/mol. The molecule has 0 aliphatic heterocycles. The third-order valence-electron chi connectivity index (χ3n) is 2.86. The molecule has 108 valence electrons. The number of ether oxygens (including phenoxy) is 2. The second kappa shape index (κ2) is 8.74. The number of methoxy groups -OCH3 is 2. The predicted molar refractivity (Wildman–Crippen MR) is 73.8 cm³/mol. The lowest BCUT2D eigenvalue weighted by Crippen LogP contribution is -2.30. The third kappa shape index (κ3) is 5.46. The van der Waals surface area contributed by atoms with E-state index in [2.05, 4.69) is 5.32 Å². The third-order valence-corrected chi connectivity index (χ3v) is 2.86. The molecule has 0 aliphatic carbocycles. The number of nitrogens with one attached hydrogen (secondary N) is 1. The average Bonchev–Trinajstić information content (AvgIpc) is 2.46. The van der Waals surface area contributed by atoms with Crippen molar-refractivity contribution < 1.29 is 19.7 Å². The van der Waals surface area contributed by atoms with Crippen LogP contribution in [-0.2, 0) is 6.42 Å². The van der Waals surface area contributed by atoms with E-state index in [-0.39, 0.29) is 6.61 Å². The van der Waals surface area contributed by atoms with Gasteiger partial charge in [0.05, 0.1) is 26.9 Å². The summed E-state index contributed by atoms with van der Waals surface area (Å²) in [6.07, 6.45) is 1.19. The molecule has 0 spiro atoms. The van der Waals surface area contributed by atoms with E-state index in [1.165, 1.54) is 5.56 Å². The highest BCUT2D eigenvalue weighted by atomic mass is 16.5. The summed E-state index contributed by atoms with van der Waals surface area (Å²) in [5, 5.41) is 20.9. The van der Waals surface area contributed by atoms with Gasteiger partial charge in [-0.25, -0.2) is 0 Å². The van der Waals surface area contributed by atoms with Gasteiger partial charge < -0.3 is 25.0 Å². The topological polar surface area (TPSA) is 71.0 Å². The molecule has 0 aromatic heterocycles. The molecule has 0 fully saturated rings. The Hall–Kier alpha value is -1.30. The molecular formula is C14H23NO4. The summed E-state index contributed by atoms with van der Waals surface area (Å²) in [4.78, 5) is 0. The Morgan fingerprint density at radius 1 is 1.21 bits per heavy atom. The van der Waals surface area contributed by atoms with Crippen molar-refractivity contribution in [2.24, 2.45) is 0 Å². The first-order chi connectivity index (χ1) is 9.21. The zero-order valence-electron chi connectivity index (χ0n) is 11.6. The van der Waals surface area contributed by atoms with Gasteiger partial charge in [-0.15, -0.1) is 0 Å². The number of benzene rings is 1. The van der Waals surface area contributed by atoms with Crippen LogP contribution in [0.4, 0.5) is 0 Å². The number of hydrogen-bond donors (Lipinski definition) is 3. The van der Waals surface area contributed by atoms with Crippen LogP contribution in [-0.4, -0.2) is 50.2 Å². The summed E-state index contributed by atoms with van der Waals surface area (Å²) < 4.78 is 10.4. The quantitative estimate of drug-likeness (QED) is 0.572. The number of aliphatic hydroxyl groups excluding tert-OH is 2. The van der Waals surface area contributed by atoms with E-state index in [4.69, 9.17) is 19.7 Å². The van der Waals surface area contributed by atoms with Crippen molar-refractivity contribution in [3.8, 4) is 11.5 Å². The van der Waals surface area contributed by atoms with Gasteiger partial charge >= 0.3 is 0 Å². The van der Waals surface area contributed by atoms with E-state index in [1.807, 2.05) is 18.2 Å². The largest absolute Gasteiger partial charge is 0.493 e. The first-order valence-corrected chi connectivity index (χ1v) is 6.41. The first-order valence-electron chi connectivity index (χ1n) is 6.41. The summed E-state index contributed by atoms with van der Waals surface area (Å²) in [6.45, 7) is 1.01. The Morgan fingerprint density at radius 3 is 2.58 bits per heavy atom. The number of aliphatic hydroxyl groups is 2. The molecule has 3 N–H and O–H groups in total. The molecular weight excluding hydrogens is 246 g/mol.